The molecule has 1 nitrogen and oxygen atoms in total. The van der Waals surface area contributed by atoms with Crippen molar-refractivity contribution in [2.45, 2.75) is 16.2 Å². The Kier molecular flexibility index (Phi) is 2.81. The van der Waals surface area contributed by atoms with Gasteiger partial charge in [-0.3, -0.25) is 4.79 Å². The second kappa shape index (κ2) is 4.31. The predicted octanol–water partition coefficient (Wildman–Crippen LogP) is 4.34. The number of carbonyl (C=O) groups excluding carboxylic acids is 1. The Morgan fingerprint density at radius 2 is 1.88 bits per heavy atom. The number of ketones is 1. The van der Waals surface area contributed by atoms with Crippen molar-refractivity contribution in [2.24, 2.45) is 0 Å². The molecule has 0 saturated heterocycles. The lowest BCUT2D eigenvalue weighted by molar-refractivity contribution is 0.0990. The maximum Gasteiger partial charge on any atom is 0.168 e. The molecule has 3 heteroatoms. The van der Waals surface area contributed by atoms with E-state index in [0.29, 0.717) is 6.42 Å². The fourth-order valence-corrected chi connectivity index (χ4v) is 3.66. The zero-order valence-corrected chi connectivity index (χ0v) is 11.3. The summed E-state index contributed by atoms with van der Waals surface area (Å²) in [6.45, 7) is 0. The molecule has 0 unspecified atom stereocenters. The molecule has 1 heterocycles. The minimum Gasteiger partial charge on any atom is -0.294 e. The average Bonchev–Trinajstić information content (AvgIpc) is 2.47. The predicted molar refractivity (Wildman–Crippen MR) is 72.7 cm³/mol. The van der Waals surface area contributed by atoms with Crippen molar-refractivity contribution in [3.05, 3.63) is 58.1 Å². The van der Waals surface area contributed by atoms with E-state index in [1.165, 1.54) is 4.90 Å². The van der Waals surface area contributed by atoms with Gasteiger partial charge in [0.05, 0.1) is 0 Å². The minimum atomic E-state index is 0.193. The second-order valence-electron chi connectivity index (χ2n) is 3.93. The number of Topliss-reactive ketones (excluding diaryl/α,β-unsaturated/α-hetero) is 1. The molecule has 0 amide bonds. The van der Waals surface area contributed by atoms with Crippen LogP contribution in [0, 0.1) is 0 Å². The van der Waals surface area contributed by atoms with Gasteiger partial charge in [-0.05, 0) is 33.6 Å². The molecule has 1 aliphatic heterocycles. The van der Waals surface area contributed by atoms with Gasteiger partial charge in [0.15, 0.2) is 5.78 Å². The molecule has 1 aliphatic rings. The number of fused-ring (bicyclic) bond motifs is 2. The van der Waals surface area contributed by atoms with Gasteiger partial charge in [0.1, 0.15) is 0 Å². The summed E-state index contributed by atoms with van der Waals surface area (Å²) in [7, 11) is 0. The lowest BCUT2D eigenvalue weighted by Crippen LogP contribution is -2.03. The van der Waals surface area contributed by atoms with Crippen LogP contribution in [0.3, 0.4) is 0 Å². The van der Waals surface area contributed by atoms with Crippen LogP contribution in [0.1, 0.15) is 15.9 Å². The summed E-state index contributed by atoms with van der Waals surface area (Å²) in [5, 5.41) is 0. The first kappa shape index (κ1) is 11.1. The van der Waals surface area contributed by atoms with E-state index in [2.05, 4.69) is 22.0 Å². The third-order valence-corrected chi connectivity index (χ3v) is 4.99. The molecule has 0 atom stereocenters. The SMILES string of the molecule is O=C1Cc2ccccc2Sc2c(Br)cccc21. The number of hydrogen-bond acceptors (Lipinski definition) is 2. The van der Waals surface area contributed by atoms with Gasteiger partial charge in [-0.25, -0.2) is 0 Å². The maximum atomic E-state index is 12.2. The fraction of sp³-hybridized carbons (Fsp3) is 0.0714. The number of benzene rings is 2. The summed E-state index contributed by atoms with van der Waals surface area (Å²) < 4.78 is 0.991. The Labute approximate surface area is 112 Å². The molecule has 0 saturated carbocycles. The second-order valence-corrected chi connectivity index (χ2v) is 5.83. The van der Waals surface area contributed by atoms with Crippen molar-refractivity contribution in [1.82, 2.24) is 0 Å². The van der Waals surface area contributed by atoms with Crippen molar-refractivity contribution in [3.63, 3.8) is 0 Å². The first-order valence-corrected chi connectivity index (χ1v) is 6.94. The summed E-state index contributed by atoms with van der Waals surface area (Å²) in [6, 6.07) is 13.9. The molecule has 0 bridgehead atoms. The van der Waals surface area contributed by atoms with Gasteiger partial charge in [0.25, 0.3) is 0 Å². The van der Waals surface area contributed by atoms with E-state index in [0.717, 1.165) is 20.5 Å². The topological polar surface area (TPSA) is 17.1 Å². The van der Waals surface area contributed by atoms with Crippen LogP contribution in [0.4, 0.5) is 0 Å². The average molecular weight is 305 g/mol. The molecule has 3 rings (SSSR count). The number of carbonyl (C=O) groups is 1. The van der Waals surface area contributed by atoms with Crippen LogP contribution in [0.15, 0.2) is 56.7 Å². The third-order valence-electron chi connectivity index (χ3n) is 2.80. The van der Waals surface area contributed by atoms with E-state index in [4.69, 9.17) is 0 Å². The van der Waals surface area contributed by atoms with Gasteiger partial charge in [-0.15, -0.1) is 0 Å². The van der Waals surface area contributed by atoms with Gasteiger partial charge in [-0.1, -0.05) is 42.1 Å². The highest BCUT2D eigenvalue weighted by atomic mass is 79.9. The molecular weight excluding hydrogens is 296 g/mol. The van der Waals surface area contributed by atoms with Gasteiger partial charge >= 0.3 is 0 Å². The summed E-state index contributed by atoms with van der Waals surface area (Å²) in [5.74, 6) is 0.193. The first-order valence-electron chi connectivity index (χ1n) is 5.33. The first-order chi connectivity index (χ1) is 8.25. The largest absolute Gasteiger partial charge is 0.294 e. The van der Waals surface area contributed by atoms with Crippen molar-refractivity contribution < 1.29 is 4.79 Å². The van der Waals surface area contributed by atoms with E-state index < -0.39 is 0 Å². The lowest BCUT2D eigenvalue weighted by Gasteiger charge is -2.06. The molecule has 0 aromatic heterocycles. The summed E-state index contributed by atoms with van der Waals surface area (Å²) in [4.78, 5) is 14.4. The molecule has 2 aromatic carbocycles. The number of rotatable bonds is 0. The molecule has 0 radical (unpaired) electrons. The Morgan fingerprint density at radius 1 is 1.06 bits per heavy atom. The lowest BCUT2D eigenvalue weighted by atomic mass is 10.0. The van der Waals surface area contributed by atoms with Crippen molar-refractivity contribution in [3.8, 4) is 0 Å². The standard InChI is InChI=1S/C14H9BrOS/c15-11-6-3-5-10-12(16)8-9-4-1-2-7-13(9)17-14(10)11/h1-7H,8H2. The van der Waals surface area contributed by atoms with E-state index in [9.17, 15) is 4.79 Å². The van der Waals surface area contributed by atoms with Gasteiger partial charge in [0.2, 0.25) is 0 Å². The van der Waals surface area contributed by atoms with E-state index >= 15 is 0 Å². The highest BCUT2D eigenvalue weighted by Gasteiger charge is 2.21. The van der Waals surface area contributed by atoms with Crippen molar-refractivity contribution in [1.29, 1.82) is 0 Å². The van der Waals surface area contributed by atoms with E-state index in [1.807, 2.05) is 36.4 Å². The Balaban J connectivity index is 2.22. The molecular formula is C14H9BrOS. The monoisotopic (exact) mass is 304 g/mol. The van der Waals surface area contributed by atoms with Crippen LogP contribution >= 0.6 is 27.7 Å². The number of halogens is 1. The third kappa shape index (κ3) is 1.94. The Morgan fingerprint density at radius 3 is 2.76 bits per heavy atom. The zero-order chi connectivity index (χ0) is 11.8. The van der Waals surface area contributed by atoms with Crippen LogP contribution in [0.2, 0.25) is 0 Å². The minimum absolute atomic E-state index is 0.193. The maximum absolute atomic E-state index is 12.2. The summed E-state index contributed by atoms with van der Waals surface area (Å²) in [6.07, 6.45) is 0.493. The fourth-order valence-electron chi connectivity index (χ4n) is 1.96. The van der Waals surface area contributed by atoms with Crippen LogP contribution < -0.4 is 0 Å². The molecule has 2 aromatic rings. The quantitative estimate of drug-likeness (QED) is 0.720. The Hall–Kier alpha value is -1.06. The molecule has 0 spiro atoms. The molecule has 0 N–H and O–H groups in total. The van der Waals surface area contributed by atoms with Crippen LogP contribution in [0.25, 0.3) is 0 Å². The Bertz CT molecular complexity index is 607. The summed E-state index contributed by atoms with van der Waals surface area (Å²) >= 11 is 5.19. The zero-order valence-electron chi connectivity index (χ0n) is 8.94. The molecule has 84 valence electrons. The highest BCUT2D eigenvalue weighted by molar-refractivity contribution is 9.10. The van der Waals surface area contributed by atoms with Crippen molar-refractivity contribution in [2.75, 3.05) is 0 Å². The summed E-state index contributed by atoms with van der Waals surface area (Å²) in [5.41, 5.74) is 1.94. The van der Waals surface area contributed by atoms with Crippen molar-refractivity contribution >= 4 is 33.5 Å². The molecule has 17 heavy (non-hydrogen) atoms. The smallest absolute Gasteiger partial charge is 0.168 e. The van der Waals surface area contributed by atoms with E-state index in [-0.39, 0.29) is 5.78 Å². The van der Waals surface area contributed by atoms with Crippen LogP contribution in [0.5, 0.6) is 0 Å². The molecule has 0 aliphatic carbocycles. The van der Waals surface area contributed by atoms with Gasteiger partial charge in [0, 0.05) is 26.2 Å². The van der Waals surface area contributed by atoms with Gasteiger partial charge < -0.3 is 0 Å². The number of hydrogen-bond donors (Lipinski definition) is 0. The normalized spacial score (nSPS) is 13.8. The van der Waals surface area contributed by atoms with Crippen LogP contribution in [-0.2, 0) is 6.42 Å². The highest BCUT2D eigenvalue weighted by Crippen LogP contribution is 2.40. The van der Waals surface area contributed by atoms with Gasteiger partial charge in [-0.2, -0.15) is 0 Å². The van der Waals surface area contributed by atoms with E-state index in [1.54, 1.807) is 11.8 Å². The van der Waals surface area contributed by atoms with Crippen LogP contribution in [-0.4, -0.2) is 5.78 Å². The molecule has 0 fully saturated rings.